The molecule has 1 aliphatic carbocycles. The van der Waals surface area contributed by atoms with Crippen molar-refractivity contribution in [2.75, 3.05) is 7.11 Å². The van der Waals surface area contributed by atoms with Crippen LogP contribution in [0.25, 0.3) is 0 Å². The minimum atomic E-state index is -0.384. The van der Waals surface area contributed by atoms with Gasteiger partial charge in [0.25, 0.3) is 0 Å². The number of nitrogens with zero attached hydrogens (tertiary/aromatic N) is 1. The summed E-state index contributed by atoms with van der Waals surface area (Å²) in [5.41, 5.74) is -0.384. The zero-order chi connectivity index (χ0) is 14.9. The third-order valence-electron chi connectivity index (χ3n) is 5.01. The second-order valence-electron chi connectivity index (χ2n) is 7.01. The first-order valence-corrected chi connectivity index (χ1v) is 8.04. The molecule has 116 valence electrons. The molecule has 20 heavy (non-hydrogen) atoms. The van der Waals surface area contributed by atoms with Crippen molar-refractivity contribution in [3.05, 3.63) is 0 Å². The third-order valence-corrected chi connectivity index (χ3v) is 5.01. The molecule has 0 radical (unpaired) electrons. The topological polar surface area (TPSA) is 41.6 Å². The SMILES string of the molecule is CCC1(C)NC(CC(C)C)N(C2CCC(OC)C2)C1=O. The van der Waals surface area contributed by atoms with Crippen LogP contribution in [0.15, 0.2) is 0 Å². The van der Waals surface area contributed by atoms with E-state index in [9.17, 15) is 4.79 Å². The standard InChI is InChI=1S/C16H30N2O2/c1-6-16(4)15(19)18(14(17-16)9-11(2)3)12-7-8-13(10-12)20-5/h11-14,17H,6-10H2,1-5H3. The molecule has 2 rings (SSSR count). The molecule has 0 aromatic carbocycles. The van der Waals surface area contributed by atoms with Crippen molar-refractivity contribution in [1.82, 2.24) is 10.2 Å². The fourth-order valence-corrected chi connectivity index (χ4v) is 3.60. The molecular formula is C16H30N2O2. The van der Waals surface area contributed by atoms with E-state index in [0.29, 0.717) is 18.1 Å². The van der Waals surface area contributed by atoms with Gasteiger partial charge >= 0.3 is 0 Å². The molecule has 1 N–H and O–H groups in total. The number of hydrogen-bond donors (Lipinski definition) is 1. The molecule has 4 heteroatoms. The lowest BCUT2D eigenvalue weighted by Gasteiger charge is -2.31. The first-order valence-electron chi connectivity index (χ1n) is 8.04. The van der Waals surface area contributed by atoms with Gasteiger partial charge in [-0.15, -0.1) is 0 Å². The number of hydrogen-bond acceptors (Lipinski definition) is 3. The van der Waals surface area contributed by atoms with Crippen LogP contribution in [0.4, 0.5) is 0 Å². The van der Waals surface area contributed by atoms with Crippen LogP contribution >= 0.6 is 0 Å². The predicted molar refractivity (Wildman–Crippen MR) is 80.4 cm³/mol. The normalized spacial score (nSPS) is 38.2. The molecule has 1 saturated carbocycles. The lowest BCUT2D eigenvalue weighted by molar-refractivity contribution is -0.135. The van der Waals surface area contributed by atoms with Crippen LogP contribution in [-0.4, -0.2) is 41.8 Å². The first kappa shape index (κ1) is 15.8. The van der Waals surface area contributed by atoms with Crippen molar-refractivity contribution in [2.24, 2.45) is 5.92 Å². The molecule has 2 aliphatic rings. The molecule has 4 atom stereocenters. The predicted octanol–water partition coefficient (Wildman–Crippen LogP) is 2.53. The Morgan fingerprint density at radius 3 is 2.65 bits per heavy atom. The summed E-state index contributed by atoms with van der Waals surface area (Å²) in [6.45, 7) is 8.58. The van der Waals surface area contributed by atoms with E-state index in [1.807, 2.05) is 6.92 Å². The summed E-state index contributed by atoms with van der Waals surface area (Å²) in [5, 5.41) is 3.59. The van der Waals surface area contributed by atoms with Gasteiger partial charge in [-0.2, -0.15) is 0 Å². The van der Waals surface area contributed by atoms with Crippen LogP contribution in [-0.2, 0) is 9.53 Å². The molecule has 4 unspecified atom stereocenters. The molecule has 1 amide bonds. The number of carbonyl (C=O) groups excluding carboxylic acids is 1. The third kappa shape index (κ3) is 2.86. The molecular weight excluding hydrogens is 252 g/mol. The van der Waals surface area contributed by atoms with Crippen molar-refractivity contribution < 1.29 is 9.53 Å². The number of methoxy groups -OCH3 is 1. The van der Waals surface area contributed by atoms with Crippen molar-refractivity contribution in [2.45, 2.75) is 83.6 Å². The first-order chi connectivity index (χ1) is 9.41. The van der Waals surface area contributed by atoms with Crippen LogP contribution in [0, 0.1) is 5.92 Å². The van der Waals surface area contributed by atoms with Crippen LogP contribution < -0.4 is 5.32 Å². The fraction of sp³-hybridized carbons (Fsp3) is 0.938. The highest BCUT2D eigenvalue weighted by molar-refractivity contribution is 5.88. The molecule has 0 aromatic rings. The van der Waals surface area contributed by atoms with Crippen molar-refractivity contribution >= 4 is 5.91 Å². The monoisotopic (exact) mass is 282 g/mol. The van der Waals surface area contributed by atoms with Crippen LogP contribution in [0.5, 0.6) is 0 Å². The maximum absolute atomic E-state index is 12.9. The molecule has 0 aromatic heterocycles. The van der Waals surface area contributed by atoms with Gasteiger partial charge in [-0.1, -0.05) is 20.8 Å². The van der Waals surface area contributed by atoms with E-state index in [4.69, 9.17) is 4.74 Å². The maximum atomic E-state index is 12.9. The second-order valence-corrected chi connectivity index (χ2v) is 7.01. The number of amides is 1. The molecule has 4 nitrogen and oxygen atoms in total. The van der Waals surface area contributed by atoms with E-state index >= 15 is 0 Å². The second kappa shape index (κ2) is 6.02. The Bertz CT molecular complexity index is 358. The van der Waals surface area contributed by atoms with E-state index in [-0.39, 0.29) is 17.6 Å². The number of rotatable bonds is 5. The Kier molecular flexibility index (Phi) is 4.75. The van der Waals surface area contributed by atoms with E-state index in [2.05, 4.69) is 31.0 Å². The van der Waals surface area contributed by atoms with Gasteiger partial charge in [-0.25, -0.2) is 0 Å². The molecule has 0 spiro atoms. The smallest absolute Gasteiger partial charge is 0.244 e. The molecule has 1 saturated heterocycles. The summed E-state index contributed by atoms with van der Waals surface area (Å²) in [6.07, 6.45) is 5.50. The Morgan fingerprint density at radius 1 is 1.45 bits per heavy atom. The zero-order valence-corrected chi connectivity index (χ0v) is 13.6. The van der Waals surface area contributed by atoms with E-state index in [1.165, 1.54) is 0 Å². The largest absolute Gasteiger partial charge is 0.381 e. The number of ether oxygens (including phenoxy) is 1. The fourth-order valence-electron chi connectivity index (χ4n) is 3.60. The average Bonchev–Trinajstić information content (AvgIpc) is 2.94. The van der Waals surface area contributed by atoms with Gasteiger partial charge in [0, 0.05) is 13.2 Å². The highest BCUT2D eigenvalue weighted by Crippen LogP contribution is 2.35. The van der Waals surface area contributed by atoms with Gasteiger partial charge in [0.15, 0.2) is 0 Å². The van der Waals surface area contributed by atoms with E-state index in [0.717, 1.165) is 32.1 Å². The van der Waals surface area contributed by atoms with Crippen LogP contribution in [0.1, 0.15) is 59.8 Å². The van der Waals surface area contributed by atoms with Crippen LogP contribution in [0.2, 0.25) is 0 Å². The lowest BCUT2D eigenvalue weighted by atomic mass is 9.99. The number of nitrogens with one attached hydrogen (secondary N) is 1. The minimum Gasteiger partial charge on any atom is -0.381 e. The highest BCUT2D eigenvalue weighted by atomic mass is 16.5. The summed E-state index contributed by atoms with van der Waals surface area (Å²) in [7, 11) is 1.78. The molecule has 0 bridgehead atoms. The molecule has 1 aliphatic heterocycles. The summed E-state index contributed by atoms with van der Waals surface area (Å²) in [6, 6.07) is 0.345. The number of carbonyl (C=O) groups is 1. The van der Waals surface area contributed by atoms with Gasteiger partial charge in [-0.05, 0) is 44.9 Å². The Hall–Kier alpha value is -0.610. The van der Waals surface area contributed by atoms with Crippen LogP contribution in [0.3, 0.4) is 0 Å². The zero-order valence-electron chi connectivity index (χ0n) is 13.6. The Morgan fingerprint density at radius 2 is 2.15 bits per heavy atom. The molecule has 1 heterocycles. The van der Waals surface area contributed by atoms with E-state index < -0.39 is 0 Å². The van der Waals surface area contributed by atoms with Gasteiger partial charge in [-0.3, -0.25) is 10.1 Å². The maximum Gasteiger partial charge on any atom is 0.244 e. The Labute approximate surface area is 123 Å². The van der Waals surface area contributed by atoms with Gasteiger partial charge < -0.3 is 9.64 Å². The molecule has 2 fully saturated rings. The van der Waals surface area contributed by atoms with Gasteiger partial charge in [0.2, 0.25) is 5.91 Å². The Balaban J connectivity index is 2.16. The average molecular weight is 282 g/mol. The minimum absolute atomic E-state index is 0.188. The quantitative estimate of drug-likeness (QED) is 0.842. The summed E-state index contributed by atoms with van der Waals surface area (Å²) in [4.78, 5) is 15.0. The van der Waals surface area contributed by atoms with Gasteiger partial charge in [0.1, 0.15) is 0 Å². The lowest BCUT2D eigenvalue weighted by Crippen LogP contribution is -2.44. The summed E-state index contributed by atoms with van der Waals surface area (Å²) < 4.78 is 5.47. The van der Waals surface area contributed by atoms with Crippen molar-refractivity contribution in [1.29, 1.82) is 0 Å². The highest BCUT2D eigenvalue weighted by Gasteiger charge is 2.50. The van der Waals surface area contributed by atoms with Gasteiger partial charge in [0.05, 0.1) is 17.8 Å². The van der Waals surface area contributed by atoms with Crippen molar-refractivity contribution in [3.63, 3.8) is 0 Å². The van der Waals surface area contributed by atoms with E-state index in [1.54, 1.807) is 7.11 Å². The summed E-state index contributed by atoms with van der Waals surface area (Å²) >= 11 is 0. The van der Waals surface area contributed by atoms with Crippen molar-refractivity contribution in [3.8, 4) is 0 Å². The summed E-state index contributed by atoms with van der Waals surface area (Å²) in [5.74, 6) is 0.869.